The zero-order valence-corrected chi connectivity index (χ0v) is 11.3. The van der Waals surface area contributed by atoms with Crippen LogP contribution in [0.1, 0.15) is 41.6 Å². The van der Waals surface area contributed by atoms with Gasteiger partial charge in [0.05, 0.1) is 6.54 Å². The van der Waals surface area contributed by atoms with E-state index < -0.39 is 0 Å². The first-order chi connectivity index (χ1) is 9.22. The molecule has 0 aromatic carbocycles. The Kier molecular flexibility index (Phi) is 3.29. The van der Waals surface area contributed by atoms with Crippen molar-refractivity contribution >= 4 is 0 Å². The van der Waals surface area contributed by atoms with Gasteiger partial charge in [0.2, 0.25) is 5.89 Å². The molecule has 1 fully saturated rings. The first-order valence-electron chi connectivity index (χ1n) is 6.63. The van der Waals surface area contributed by atoms with Crippen LogP contribution >= 0.6 is 0 Å². The number of pyridine rings is 1. The van der Waals surface area contributed by atoms with Crippen molar-refractivity contribution in [2.45, 2.75) is 38.8 Å². The van der Waals surface area contributed by atoms with E-state index in [1.54, 1.807) is 0 Å². The van der Waals surface area contributed by atoms with E-state index in [2.05, 4.69) is 40.1 Å². The Morgan fingerprint density at radius 3 is 2.95 bits per heavy atom. The van der Waals surface area contributed by atoms with Crippen LogP contribution in [-0.2, 0) is 13.1 Å². The summed E-state index contributed by atoms with van der Waals surface area (Å²) in [5, 5.41) is 4.03. The molecule has 0 spiro atoms. The molecule has 3 rings (SSSR count). The van der Waals surface area contributed by atoms with Crippen molar-refractivity contribution in [1.29, 1.82) is 0 Å². The lowest BCUT2D eigenvalue weighted by molar-refractivity contribution is 0.260. The largest absolute Gasteiger partial charge is 0.338 e. The normalized spacial score (nSPS) is 15.1. The Morgan fingerprint density at radius 1 is 1.37 bits per heavy atom. The maximum atomic E-state index is 5.29. The topological polar surface area (TPSA) is 55.1 Å². The standard InChI is InChI=1S/C14H18N4O/c1-10-7-15-6-5-12(10)8-18(2)9-13-16-14(17-19-13)11-3-4-11/h5-7,11H,3-4,8-9H2,1-2H3. The molecule has 0 aliphatic heterocycles. The molecule has 5 nitrogen and oxygen atoms in total. The molecule has 19 heavy (non-hydrogen) atoms. The van der Waals surface area contributed by atoms with E-state index in [-0.39, 0.29) is 0 Å². The molecule has 1 saturated carbocycles. The predicted octanol–water partition coefficient (Wildman–Crippen LogP) is 2.28. The van der Waals surface area contributed by atoms with Crippen LogP contribution in [0.4, 0.5) is 0 Å². The van der Waals surface area contributed by atoms with E-state index in [1.807, 2.05) is 12.4 Å². The number of hydrogen-bond acceptors (Lipinski definition) is 5. The molecule has 5 heteroatoms. The highest BCUT2D eigenvalue weighted by Gasteiger charge is 2.28. The van der Waals surface area contributed by atoms with Gasteiger partial charge in [-0.05, 0) is 44.0 Å². The van der Waals surface area contributed by atoms with Gasteiger partial charge in [0.15, 0.2) is 5.82 Å². The average molecular weight is 258 g/mol. The highest BCUT2D eigenvalue weighted by molar-refractivity contribution is 5.21. The van der Waals surface area contributed by atoms with Gasteiger partial charge in [0.1, 0.15) is 0 Å². The van der Waals surface area contributed by atoms with Crippen molar-refractivity contribution in [2.24, 2.45) is 0 Å². The molecule has 0 N–H and O–H groups in total. The van der Waals surface area contributed by atoms with E-state index in [9.17, 15) is 0 Å². The fourth-order valence-corrected chi connectivity index (χ4v) is 2.10. The summed E-state index contributed by atoms with van der Waals surface area (Å²) in [7, 11) is 2.06. The summed E-state index contributed by atoms with van der Waals surface area (Å²) in [6, 6.07) is 2.05. The molecule has 2 aromatic rings. The van der Waals surface area contributed by atoms with Gasteiger partial charge in [-0.1, -0.05) is 5.16 Å². The van der Waals surface area contributed by atoms with Crippen LogP contribution in [0.15, 0.2) is 23.0 Å². The second kappa shape index (κ2) is 5.09. The van der Waals surface area contributed by atoms with Gasteiger partial charge in [-0.3, -0.25) is 9.88 Å². The Morgan fingerprint density at radius 2 is 2.21 bits per heavy atom. The Hall–Kier alpha value is -1.75. The summed E-state index contributed by atoms with van der Waals surface area (Å²) >= 11 is 0. The summed E-state index contributed by atoms with van der Waals surface area (Å²) in [6.45, 7) is 3.62. The van der Waals surface area contributed by atoms with Crippen LogP contribution in [0.5, 0.6) is 0 Å². The van der Waals surface area contributed by atoms with Gasteiger partial charge in [-0.25, -0.2) is 0 Å². The van der Waals surface area contributed by atoms with Crippen LogP contribution in [0.3, 0.4) is 0 Å². The SMILES string of the molecule is Cc1cnccc1CN(C)Cc1nc(C2CC2)no1. The minimum atomic E-state index is 0.547. The number of aromatic nitrogens is 3. The molecule has 100 valence electrons. The summed E-state index contributed by atoms with van der Waals surface area (Å²) in [4.78, 5) is 10.7. The van der Waals surface area contributed by atoms with E-state index in [0.29, 0.717) is 18.4 Å². The first-order valence-corrected chi connectivity index (χ1v) is 6.63. The van der Waals surface area contributed by atoms with Crippen molar-refractivity contribution in [3.05, 3.63) is 41.3 Å². The van der Waals surface area contributed by atoms with Crippen LogP contribution < -0.4 is 0 Å². The van der Waals surface area contributed by atoms with Gasteiger partial charge in [-0.2, -0.15) is 4.98 Å². The lowest BCUT2D eigenvalue weighted by Crippen LogP contribution is -2.18. The molecule has 2 heterocycles. The lowest BCUT2D eigenvalue weighted by atomic mass is 10.1. The van der Waals surface area contributed by atoms with Crippen LogP contribution in [0.2, 0.25) is 0 Å². The van der Waals surface area contributed by atoms with Gasteiger partial charge < -0.3 is 4.52 Å². The first kappa shape index (κ1) is 12.3. The monoisotopic (exact) mass is 258 g/mol. The van der Waals surface area contributed by atoms with Gasteiger partial charge in [0, 0.05) is 24.9 Å². The van der Waals surface area contributed by atoms with Crippen molar-refractivity contribution in [3.63, 3.8) is 0 Å². The fraction of sp³-hybridized carbons (Fsp3) is 0.500. The molecular formula is C14H18N4O. The van der Waals surface area contributed by atoms with Crippen LogP contribution in [0, 0.1) is 6.92 Å². The molecule has 0 radical (unpaired) electrons. The van der Waals surface area contributed by atoms with Gasteiger partial charge in [-0.15, -0.1) is 0 Å². The van der Waals surface area contributed by atoms with E-state index in [1.165, 1.54) is 24.0 Å². The second-order valence-corrected chi connectivity index (χ2v) is 5.30. The van der Waals surface area contributed by atoms with Gasteiger partial charge >= 0.3 is 0 Å². The maximum Gasteiger partial charge on any atom is 0.240 e. The highest BCUT2D eigenvalue weighted by Crippen LogP contribution is 2.38. The van der Waals surface area contributed by atoms with Crippen molar-refractivity contribution in [1.82, 2.24) is 20.0 Å². The molecular weight excluding hydrogens is 240 g/mol. The smallest absolute Gasteiger partial charge is 0.240 e. The quantitative estimate of drug-likeness (QED) is 0.823. The van der Waals surface area contributed by atoms with E-state index in [4.69, 9.17) is 4.52 Å². The molecule has 0 amide bonds. The summed E-state index contributed by atoms with van der Waals surface area (Å²) in [5.41, 5.74) is 2.48. The zero-order valence-electron chi connectivity index (χ0n) is 11.3. The summed E-state index contributed by atoms with van der Waals surface area (Å²) in [6.07, 6.45) is 6.12. The minimum absolute atomic E-state index is 0.547. The van der Waals surface area contributed by atoms with Crippen LogP contribution in [0.25, 0.3) is 0 Å². The third kappa shape index (κ3) is 2.98. The average Bonchev–Trinajstić information content (AvgIpc) is 3.14. The predicted molar refractivity (Wildman–Crippen MR) is 70.4 cm³/mol. The van der Waals surface area contributed by atoms with Gasteiger partial charge in [0.25, 0.3) is 0 Å². The summed E-state index contributed by atoms with van der Waals surface area (Å²) < 4.78 is 5.29. The lowest BCUT2D eigenvalue weighted by Gasteiger charge is -2.15. The number of hydrogen-bond donors (Lipinski definition) is 0. The third-order valence-electron chi connectivity index (χ3n) is 3.41. The molecule has 1 aliphatic carbocycles. The van der Waals surface area contributed by atoms with Crippen molar-refractivity contribution < 1.29 is 4.52 Å². The molecule has 2 aromatic heterocycles. The Balaban J connectivity index is 1.61. The van der Waals surface area contributed by atoms with Crippen LogP contribution in [-0.4, -0.2) is 27.1 Å². The molecule has 0 saturated heterocycles. The zero-order chi connectivity index (χ0) is 13.2. The Bertz CT molecular complexity index is 562. The molecule has 0 bridgehead atoms. The number of aryl methyl sites for hydroxylation is 1. The number of nitrogens with zero attached hydrogens (tertiary/aromatic N) is 4. The fourth-order valence-electron chi connectivity index (χ4n) is 2.10. The summed E-state index contributed by atoms with van der Waals surface area (Å²) in [5.74, 6) is 2.13. The highest BCUT2D eigenvalue weighted by atomic mass is 16.5. The number of rotatable bonds is 5. The van der Waals surface area contributed by atoms with Crippen molar-refractivity contribution in [2.75, 3.05) is 7.05 Å². The third-order valence-corrected chi connectivity index (χ3v) is 3.41. The molecule has 0 atom stereocenters. The van der Waals surface area contributed by atoms with E-state index in [0.717, 1.165) is 12.4 Å². The van der Waals surface area contributed by atoms with Crippen molar-refractivity contribution in [3.8, 4) is 0 Å². The Labute approximate surface area is 112 Å². The molecule has 0 unspecified atom stereocenters. The maximum absolute atomic E-state index is 5.29. The molecule has 1 aliphatic rings. The minimum Gasteiger partial charge on any atom is -0.338 e. The second-order valence-electron chi connectivity index (χ2n) is 5.30. The van der Waals surface area contributed by atoms with E-state index >= 15 is 0 Å².